The first-order valence-corrected chi connectivity index (χ1v) is 7.60. The average molecular weight is 274 g/mol. The molecule has 3 nitrogen and oxygen atoms in total. The van der Waals surface area contributed by atoms with Crippen LogP contribution in [0, 0.1) is 11.8 Å². The second-order valence-corrected chi connectivity index (χ2v) is 6.36. The predicted octanol–water partition coefficient (Wildman–Crippen LogP) is 3.02. The van der Waals surface area contributed by atoms with Gasteiger partial charge in [-0.25, -0.2) is 0 Å². The van der Waals surface area contributed by atoms with Crippen LogP contribution in [0.4, 0.5) is 0 Å². The highest BCUT2D eigenvalue weighted by Crippen LogP contribution is 2.41. The van der Waals surface area contributed by atoms with Gasteiger partial charge < -0.3 is 5.73 Å². The zero-order valence-electron chi connectivity index (χ0n) is 12.7. The first-order chi connectivity index (χ1) is 9.47. The third-order valence-corrected chi connectivity index (χ3v) is 4.74. The molecule has 1 aliphatic rings. The molecule has 0 saturated heterocycles. The molecule has 3 atom stereocenters. The van der Waals surface area contributed by atoms with E-state index in [4.69, 9.17) is 5.73 Å². The van der Waals surface area contributed by atoms with Gasteiger partial charge in [-0.3, -0.25) is 10.1 Å². The van der Waals surface area contributed by atoms with Crippen molar-refractivity contribution < 1.29 is 4.79 Å². The van der Waals surface area contributed by atoms with E-state index < -0.39 is 5.54 Å². The van der Waals surface area contributed by atoms with Gasteiger partial charge in [0.15, 0.2) is 0 Å². The molecule has 0 aromatic heterocycles. The minimum Gasteiger partial charge on any atom is -0.368 e. The van der Waals surface area contributed by atoms with E-state index in [9.17, 15) is 4.79 Å². The molecule has 1 aliphatic carbocycles. The Morgan fingerprint density at radius 1 is 1.30 bits per heavy atom. The molecule has 2 rings (SSSR count). The van der Waals surface area contributed by atoms with Crippen LogP contribution in [0.15, 0.2) is 30.3 Å². The number of carbonyl (C=O) groups is 1. The fourth-order valence-electron chi connectivity index (χ4n) is 3.70. The first-order valence-electron chi connectivity index (χ1n) is 7.60. The smallest absolute Gasteiger partial charge is 0.238 e. The van der Waals surface area contributed by atoms with E-state index in [1.54, 1.807) is 0 Å². The number of nitrogens with one attached hydrogen (secondary N) is 1. The summed E-state index contributed by atoms with van der Waals surface area (Å²) in [6.45, 7) is 6.47. The van der Waals surface area contributed by atoms with Gasteiger partial charge >= 0.3 is 0 Å². The van der Waals surface area contributed by atoms with Gasteiger partial charge in [0, 0.05) is 6.04 Å². The van der Waals surface area contributed by atoms with E-state index in [0.29, 0.717) is 11.8 Å². The van der Waals surface area contributed by atoms with E-state index in [2.05, 4.69) is 38.2 Å². The van der Waals surface area contributed by atoms with E-state index in [1.165, 1.54) is 5.56 Å². The van der Waals surface area contributed by atoms with Crippen molar-refractivity contribution in [2.24, 2.45) is 17.6 Å². The number of nitrogens with two attached hydrogens (primary N) is 1. The van der Waals surface area contributed by atoms with Crippen LogP contribution in [0.1, 0.15) is 51.6 Å². The molecule has 0 unspecified atom stereocenters. The number of hydrogen-bond donors (Lipinski definition) is 2. The fraction of sp³-hybridized carbons (Fsp3) is 0.588. The molecule has 3 N–H and O–H groups in total. The van der Waals surface area contributed by atoms with Crippen LogP contribution >= 0.6 is 0 Å². The Kier molecular flexibility index (Phi) is 4.48. The monoisotopic (exact) mass is 274 g/mol. The molecule has 1 aromatic carbocycles. The third-order valence-electron chi connectivity index (χ3n) is 4.74. The van der Waals surface area contributed by atoms with Gasteiger partial charge in [0.05, 0.1) is 0 Å². The molecule has 1 amide bonds. The minimum absolute atomic E-state index is 0.128. The van der Waals surface area contributed by atoms with Gasteiger partial charge in [0.2, 0.25) is 5.91 Å². The number of benzene rings is 1. The van der Waals surface area contributed by atoms with Gasteiger partial charge in [-0.05, 0) is 37.2 Å². The van der Waals surface area contributed by atoms with Gasteiger partial charge in [0.25, 0.3) is 0 Å². The lowest BCUT2D eigenvalue weighted by atomic mass is 9.78. The van der Waals surface area contributed by atoms with Crippen molar-refractivity contribution in [3.05, 3.63) is 35.9 Å². The van der Waals surface area contributed by atoms with E-state index >= 15 is 0 Å². The second kappa shape index (κ2) is 5.96. The third kappa shape index (κ3) is 2.73. The fourth-order valence-corrected chi connectivity index (χ4v) is 3.70. The number of primary amides is 1. The van der Waals surface area contributed by atoms with Crippen LogP contribution in [0.3, 0.4) is 0 Å². The van der Waals surface area contributed by atoms with Crippen LogP contribution in [-0.2, 0) is 4.79 Å². The second-order valence-electron chi connectivity index (χ2n) is 6.36. The number of hydrogen-bond acceptors (Lipinski definition) is 2. The van der Waals surface area contributed by atoms with Crippen molar-refractivity contribution in [1.82, 2.24) is 5.32 Å². The summed E-state index contributed by atoms with van der Waals surface area (Å²) in [7, 11) is 0. The van der Waals surface area contributed by atoms with Crippen LogP contribution in [0.2, 0.25) is 0 Å². The highest BCUT2D eigenvalue weighted by molar-refractivity contribution is 5.85. The van der Waals surface area contributed by atoms with Gasteiger partial charge in [0.1, 0.15) is 5.54 Å². The summed E-state index contributed by atoms with van der Waals surface area (Å²) in [4.78, 5) is 12.2. The van der Waals surface area contributed by atoms with Crippen LogP contribution in [-0.4, -0.2) is 11.4 Å². The summed E-state index contributed by atoms with van der Waals surface area (Å²) in [5.41, 5.74) is 6.43. The van der Waals surface area contributed by atoms with Crippen LogP contribution in [0.25, 0.3) is 0 Å². The summed E-state index contributed by atoms with van der Waals surface area (Å²) in [5.74, 6) is 0.586. The Hall–Kier alpha value is -1.35. The van der Waals surface area contributed by atoms with E-state index in [0.717, 1.165) is 19.3 Å². The Morgan fingerprint density at radius 2 is 1.95 bits per heavy atom. The van der Waals surface area contributed by atoms with Gasteiger partial charge in [-0.15, -0.1) is 0 Å². The summed E-state index contributed by atoms with van der Waals surface area (Å²) in [6, 6.07) is 10.4. The highest BCUT2D eigenvalue weighted by atomic mass is 16.1. The SMILES string of the molecule is CC(C)[C@H]1CCC[C@]1(N[C@H](C)c1ccccc1)C(N)=O. The normalized spacial score (nSPS) is 27.7. The molecule has 1 fully saturated rings. The van der Waals surface area contributed by atoms with Crippen molar-refractivity contribution in [3.8, 4) is 0 Å². The summed E-state index contributed by atoms with van der Waals surface area (Å²) in [5, 5.41) is 3.56. The molecule has 0 aliphatic heterocycles. The maximum absolute atomic E-state index is 12.2. The molecular weight excluding hydrogens is 248 g/mol. The molecule has 0 radical (unpaired) electrons. The van der Waals surface area contributed by atoms with Crippen molar-refractivity contribution in [3.63, 3.8) is 0 Å². The Balaban J connectivity index is 2.24. The molecule has 3 heteroatoms. The van der Waals surface area contributed by atoms with E-state index in [1.807, 2.05) is 18.2 Å². The number of rotatable bonds is 5. The number of amides is 1. The molecule has 20 heavy (non-hydrogen) atoms. The lowest BCUT2D eigenvalue weighted by Crippen LogP contribution is -2.59. The molecule has 1 aromatic rings. The average Bonchev–Trinajstić information content (AvgIpc) is 2.85. The first kappa shape index (κ1) is 15.0. The summed E-state index contributed by atoms with van der Waals surface area (Å²) in [6.07, 6.45) is 3.00. The predicted molar refractivity (Wildman–Crippen MR) is 82.1 cm³/mol. The van der Waals surface area contributed by atoms with Crippen LogP contribution < -0.4 is 11.1 Å². The Bertz CT molecular complexity index is 457. The Morgan fingerprint density at radius 3 is 2.50 bits per heavy atom. The van der Waals surface area contributed by atoms with Crippen molar-refractivity contribution in [2.45, 2.75) is 51.6 Å². The number of carbonyl (C=O) groups excluding carboxylic acids is 1. The lowest BCUT2D eigenvalue weighted by Gasteiger charge is -2.38. The molecule has 1 saturated carbocycles. The largest absolute Gasteiger partial charge is 0.368 e. The molecule has 110 valence electrons. The highest BCUT2D eigenvalue weighted by Gasteiger charge is 2.49. The summed E-state index contributed by atoms with van der Waals surface area (Å²) < 4.78 is 0. The van der Waals surface area contributed by atoms with Crippen molar-refractivity contribution in [1.29, 1.82) is 0 Å². The molecule has 0 heterocycles. The van der Waals surface area contributed by atoms with Crippen molar-refractivity contribution >= 4 is 5.91 Å². The lowest BCUT2D eigenvalue weighted by molar-refractivity contribution is -0.127. The zero-order chi connectivity index (χ0) is 14.8. The zero-order valence-corrected chi connectivity index (χ0v) is 12.7. The standard InChI is InChI=1S/C17H26N2O/c1-12(2)15-10-7-11-17(15,16(18)20)19-13(3)14-8-5-4-6-9-14/h4-6,8-9,12-13,15,19H,7,10-11H2,1-3H3,(H2,18,20)/t13-,15-,17-/m1/s1. The van der Waals surface area contributed by atoms with Gasteiger partial charge in [-0.2, -0.15) is 0 Å². The van der Waals surface area contributed by atoms with Crippen LogP contribution in [0.5, 0.6) is 0 Å². The van der Waals surface area contributed by atoms with Gasteiger partial charge in [-0.1, -0.05) is 50.6 Å². The Labute approximate surface area is 121 Å². The molecule has 0 spiro atoms. The molecular formula is C17H26N2O. The summed E-state index contributed by atoms with van der Waals surface area (Å²) >= 11 is 0. The van der Waals surface area contributed by atoms with E-state index in [-0.39, 0.29) is 11.9 Å². The molecule has 0 bridgehead atoms. The maximum atomic E-state index is 12.2. The topological polar surface area (TPSA) is 55.1 Å². The maximum Gasteiger partial charge on any atom is 0.238 e. The van der Waals surface area contributed by atoms with Crippen molar-refractivity contribution in [2.75, 3.05) is 0 Å². The quantitative estimate of drug-likeness (QED) is 0.867. The minimum atomic E-state index is -0.552.